The molecule has 0 saturated carbocycles. The maximum Gasteiger partial charge on any atom is 0.323 e. The molecule has 0 bridgehead atoms. The number of H-pyrrole nitrogens is 1. The number of thiazole rings is 1. The zero-order valence-electron chi connectivity index (χ0n) is 9.80. The molecule has 6 heteroatoms. The zero-order valence-corrected chi connectivity index (χ0v) is 10.6. The van der Waals surface area contributed by atoms with Crippen LogP contribution in [0.5, 0.6) is 0 Å². The van der Waals surface area contributed by atoms with E-state index in [9.17, 15) is 4.79 Å². The third-order valence-electron chi connectivity index (χ3n) is 3.06. The molecule has 0 spiro atoms. The number of hydrogen-bond donors (Lipinski definition) is 1. The number of esters is 1. The molecule has 0 aromatic carbocycles. The van der Waals surface area contributed by atoms with Crippen LogP contribution >= 0.6 is 11.3 Å². The van der Waals surface area contributed by atoms with Gasteiger partial charge in [-0.3, -0.25) is 4.79 Å². The summed E-state index contributed by atoms with van der Waals surface area (Å²) in [7, 11) is 1.39. The minimum Gasteiger partial charge on any atom is -0.468 e. The highest BCUT2D eigenvalue weighted by molar-refractivity contribution is 7.10. The predicted octanol–water partition coefficient (Wildman–Crippen LogP) is 1.58. The highest BCUT2D eigenvalue weighted by Crippen LogP contribution is 2.37. The molecule has 0 atom stereocenters. The summed E-state index contributed by atoms with van der Waals surface area (Å²) < 4.78 is 10.0. The Morgan fingerprint density at radius 3 is 3.00 bits per heavy atom. The van der Waals surface area contributed by atoms with Crippen LogP contribution in [-0.4, -0.2) is 36.3 Å². The van der Waals surface area contributed by atoms with E-state index in [4.69, 9.17) is 9.47 Å². The molecule has 3 rings (SSSR count). The number of hydrogen-bond acceptors (Lipinski definition) is 5. The van der Waals surface area contributed by atoms with Gasteiger partial charge in [0.2, 0.25) is 0 Å². The summed E-state index contributed by atoms with van der Waals surface area (Å²) in [6, 6.07) is 3.86. The molecule has 0 amide bonds. The molecule has 94 valence electrons. The van der Waals surface area contributed by atoms with E-state index in [1.54, 1.807) is 0 Å². The molecule has 1 aliphatic heterocycles. The van der Waals surface area contributed by atoms with Crippen LogP contribution < -0.4 is 0 Å². The number of carbonyl (C=O) groups is 1. The van der Waals surface area contributed by atoms with Crippen molar-refractivity contribution in [2.45, 2.75) is 5.41 Å². The second-order valence-corrected chi connectivity index (χ2v) is 5.05. The molecule has 0 unspecified atom stereocenters. The Morgan fingerprint density at radius 1 is 1.61 bits per heavy atom. The first-order valence-electron chi connectivity index (χ1n) is 5.52. The predicted molar refractivity (Wildman–Crippen MR) is 66.4 cm³/mol. The Labute approximate surface area is 108 Å². The van der Waals surface area contributed by atoms with Gasteiger partial charge in [0.05, 0.1) is 31.7 Å². The minimum absolute atomic E-state index is 0.277. The highest BCUT2D eigenvalue weighted by Gasteiger charge is 2.51. The summed E-state index contributed by atoms with van der Waals surface area (Å²) in [5.74, 6) is -0.277. The van der Waals surface area contributed by atoms with Gasteiger partial charge >= 0.3 is 5.97 Å². The molecule has 0 aliphatic carbocycles. The maximum absolute atomic E-state index is 11.9. The molecule has 18 heavy (non-hydrogen) atoms. The Bertz CT molecular complexity index is 558. The molecular weight excluding hydrogens is 252 g/mol. The van der Waals surface area contributed by atoms with Gasteiger partial charge in [-0.2, -0.15) is 0 Å². The van der Waals surface area contributed by atoms with E-state index in [1.165, 1.54) is 18.4 Å². The monoisotopic (exact) mass is 264 g/mol. The first-order valence-corrected chi connectivity index (χ1v) is 6.40. The van der Waals surface area contributed by atoms with E-state index in [2.05, 4.69) is 9.97 Å². The van der Waals surface area contributed by atoms with Crippen LogP contribution in [0.2, 0.25) is 0 Å². The Morgan fingerprint density at radius 2 is 2.44 bits per heavy atom. The SMILES string of the molecule is COC(=O)C1(c2nc(-c3ccc[nH]3)cs2)COC1. The molecule has 1 aliphatic rings. The highest BCUT2D eigenvalue weighted by atomic mass is 32.1. The maximum atomic E-state index is 11.9. The number of ether oxygens (including phenoxy) is 2. The van der Waals surface area contributed by atoms with Gasteiger partial charge < -0.3 is 14.5 Å². The summed E-state index contributed by atoms with van der Waals surface area (Å²) in [6.45, 7) is 0.689. The van der Waals surface area contributed by atoms with Gasteiger partial charge in [0, 0.05) is 11.6 Å². The fraction of sp³-hybridized carbons (Fsp3) is 0.333. The smallest absolute Gasteiger partial charge is 0.323 e. The number of aromatic nitrogens is 2. The van der Waals surface area contributed by atoms with Crippen molar-refractivity contribution >= 4 is 17.3 Å². The van der Waals surface area contributed by atoms with Crippen LogP contribution in [0.15, 0.2) is 23.7 Å². The number of nitrogens with one attached hydrogen (secondary N) is 1. The molecule has 1 fully saturated rings. The summed E-state index contributed by atoms with van der Waals surface area (Å²) in [4.78, 5) is 19.5. The summed E-state index contributed by atoms with van der Waals surface area (Å²) in [5, 5.41) is 2.69. The van der Waals surface area contributed by atoms with Gasteiger partial charge in [0.25, 0.3) is 0 Å². The number of nitrogens with zero attached hydrogens (tertiary/aromatic N) is 1. The third-order valence-corrected chi connectivity index (χ3v) is 4.11. The van der Waals surface area contributed by atoms with E-state index < -0.39 is 5.41 Å². The normalized spacial score (nSPS) is 17.2. The number of rotatable bonds is 3. The first kappa shape index (κ1) is 11.4. The molecule has 0 radical (unpaired) electrons. The van der Waals surface area contributed by atoms with Gasteiger partial charge in [0.1, 0.15) is 5.01 Å². The van der Waals surface area contributed by atoms with Crippen molar-refractivity contribution in [3.8, 4) is 11.4 Å². The lowest BCUT2D eigenvalue weighted by atomic mass is 9.87. The Balaban J connectivity index is 1.95. The van der Waals surface area contributed by atoms with E-state index in [-0.39, 0.29) is 5.97 Å². The summed E-state index contributed by atoms with van der Waals surface area (Å²) >= 11 is 1.46. The third kappa shape index (κ3) is 1.57. The summed E-state index contributed by atoms with van der Waals surface area (Å²) in [6.07, 6.45) is 1.84. The second-order valence-electron chi connectivity index (χ2n) is 4.19. The van der Waals surface area contributed by atoms with Crippen LogP contribution in [0, 0.1) is 0 Å². The lowest BCUT2D eigenvalue weighted by Crippen LogP contribution is -2.53. The fourth-order valence-electron chi connectivity index (χ4n) is 1.94. The molecule has 1 N–H and O–H groups in total. The van der Waals surface area contributed by atoms with Crippen LogP contribution in [-0.2, 0) is 19.7 Å². The zero-order chi connectivity index (χ0) is 12.6. The fourth-order valence-corrected chi connectivity index (χ4v) is 2.92. The van der Waals surface area contributed by atoms with Gasteiger partial charge in [-0.25, -0.2) is 4.98 Å². The molecule has 3 heterocycles. The van der Waals surface area contributed by atoms with Crippen molar-refractivity contribution in [1.29, 1.82) is 0 Å². The van der Waals surface area contributed by atoms with Crippen molar-refractivity contribution in [3.63, 3.8) is 0 Å². The number of aromatic amines is 1. The quantitative estimate of drug-likeness (QED) is 0.855. The number of carbonyl (C=O) groups excluding carboxylic acids is 1. The molecule has 2 aromatic rings. The van der Waals surface area contributed by atoms with Crippen molar-refractivity contribution < 1.29 is 14.3 Å². The van der Waals surface area contributed by atoms with Gasteiger partial charge in [0.15, 0.2) is 5.41 Å². The van der Waals surface area contributed by atoms with E-state index in [0.717, 1.165) is 16.4 Å². The Hall–Kier alpha value is -1.66. The van der Waals surface area contributed by atoms with E-state index in [1.807, 2.05) is 23.7 Å². The van der Waals surface area contributed by atoms with Crippen molar-refractivity contribution in [3.05, 3.63) is 28.7 Å². The lowest BCUT2D eigenvalue weighted by Gasteiger charge is -2.36. The Kier molecular flexibility index (Phi) is 2.68. The topological polar surface area (TPSA) is 64.2 Å². The van der Waals surface area contributed by atoms with Crippen molar-refractivity contribution in [1.82, 2.24) is 9.97 Å². The summed E-state index contributed by atoms with van der Waals surface area (Å²) in [5.41, 5.74) is 1.08. The van der Waals surface area contributed by atoms with Crippen LogP contribution in [0.25, 0.3) is 11.4 Å². The average Bonchev–Trinajstić information content (AvgIpc) is 2.97. The average molecular weight is 264 g/mol. The van der Waals surface area contributed by atoms with Gasteiger partial charge in [-0.05, 0) is 12.1 Å². The van der Waals surface area contributed by atoms with Crippen LogP contribution in [0.4, 0.5) is 0 Å². The van der Waals surface area contributed by atoms with Crippen molar-refractivity contribution in [2.24, 2.45) is 0 Å². The van der Waals surface area contributed by atoms with E-state index >= 15 is 0 Å². The largest absolute Gasteiger partial charge is 0.468 e. The standard InChI is InChI=1S/C12H12N2O3S/c1-16-11(15)12(6-17-7-12)10-14-9(5-18-10)8-3-2-4-13-8/h2-5,13H,6-7H2,1H3. The molecule has 1 saturated heterocycles. The van der Waals surface area contributed by atoms with Crippen molar-refractivity contribution in [2.75, 3.05) is 20.3 Å². The van der Waals surface area contributed by atoms with Crippen LogP contribution in [0.1, 0.15) is 5.01 Å². The molecular formula is C12H12N2O3S. The van der Waals surface area contributed by atoms with Crippen LogP contribution in [0.3, 0.4) is 0 Å². The molecule has 5 nitrogen and oxygen atoms in total. The second kappa shape index (κ2) is 4.22. The van der Waals surface area contributed by atoms with E-state index in [0.29, 0.717) is 13.2 Å². The first-order chi connectivity index (χ1) is 8.76. The lowest BCUT2D eigenvalue weighted by molar-refractivity contribution is -0.166. The number of methoxy groups -OCH3 is 1. The van der Waals surface area contributed by atoms with Gasteiger partial charge in [-0.1, -0.05) is 0 Å². The molecule has 2 aromatic heterocycles. The van der Waals surface area contributed by atoms with Gasteiger partial charge in [-0.15, -0.1) is 11.3 Å². The minimum atomic E-state index is -0.704.